The van der Waals surface area contributed by atoms with Crippen LogP contribution < -0.4 is 0 Å². The first kappa shape index (κ1) is 13.3. The summed E-state index contributed by atoms with van der Waals surface area (Å²) < 4.78 is 10.9. The molecule has 0 amide bonds. The van der Waals surface area contributed by atoms with Crippen LogP contribution in [0.4, 0.5) is 0 Å². The molecule has 7 heteroatoms. The second-order valence-corrected chi connectivity index (χ2v) is 5.31. The Morgan fingerprint density at radius 1 is 1.50 bits per heavy atom. The van der Waals surface area contributed by atoms with Crippen LogP contribution in [0.2, 0.25) is 0 Å². The van der Waals surface area contributed by atoms with Crippen molar-refractivity contribution in [3.8, 4) is 0 Å². The van der Waals surface area contributed by atoms with Gasteiger partial charge in [0.2, 0.25) is 0 Å². The molecule has 0 aliphatic carbocycles. The van der Waals surface area contributed by atoms with E-state index in [1.807, 2.05) is 6.07 Å². The van der Waals surface area contributed by atoms with Gasteiger partial charge in [-0.15, -0.1) is 0 Å². The van der Waals surface area contributed by atoms with Gasteiger partial charge in [0.05, 0.1) is 19.3 Å². The molecule has 2 aromatic rings. The molecule has 0 bridgehead atoms. The number of rotatable bonds is 4. The number of ether oxygens (including phenoxy) is 1. The molecule has 1 atom stereocenters. The quantitative estimate of drug-likeness (QED) is 0.912. The fourth-order valence-corrected chi connectivity index (χ4v) is 2.25. The van der Waals surface area contributed by atoms with E-state index >= 15 is 0 Å². The van der Waals surface area contributed by atoms with Crippen molar-refractivity contribution in [2.75, 3.05) is 19.7 Å². The zero-order chi connectivity index (χ0) is 13.9. The van der Waals surface area contributed by atoms with E-state index in [0.29, 0.717) is 12.5 Å². The average molecular weight is 277 g/mol. The first-order chi connectivity index (χ1) is 9.72. The van der Waals surface area contributed by atoms with Crippen LogP contribution in [0, 0.1) is 0 Å². The van der Waals surface area contributed by atoms with Crippen LogP contribution in [-0.2, 0) is 11.3 Å². The number of hydrogen-bond donors (Lipinski definition) is 1. The third-order valence-corrected chi connectivity index (χ3v) is 3.36. The lowest BCUT2D eigenvalue weighted by Crippen LogP contribution is -2.38. The van der Waals surface area contributed by atoms with Gasteiger partial charge in [-0.2, -0.15) is 5.10 Å². The van der Waals surface area contributed by atoms with Crippen molar-refractivity contribution in [3.05, 3.63) is 29.7 Å². The van der Waals surface area contributed by atoms with E-state index in [1.54, 1.807) is 6.20 Å². The van der Waals surface area contributed by atoms with Gasteiger partial charge in [-0.3, -0.25) is 10.00 Å². The van der Waals surface area contributed by atoms with Gasteiger partial charge in [0, 0.05) is 25.1 Å². The van der Waals surface area contributed by atoms with E-state index < -0.39 is 0 Å². The first-order valence-corrected chi connectivity index (χ1v) is 6.88. The minimum Gasteiger partial charge on any atom is -0.368 e. The standard InChI is InChI=1S/C13H19N5O2/c1-9(2)12-15-13(17-16-12)11-8-18(5-6-19-11)7-10-3-4-14-20-10/h3-4,9,11H,5-8H2,1-2H3,(H,15,16,17)/t11-/m1/s1. The Balaban J connectivity index is 1.65. The summed E-state index contributed by atoms with van der Waals surface area (Å²) in [6.45, 7) is 7.22. The maximum Gasteiger partial charge on any atom is 0.155 e. The summed E-state index contributed by atoms with van der Waals surface area (Å²) in [5.41, 5.74) is 0. The van der Waals surface area contributed by atoms with E-state index in [9.17, 15) is 0 Å². The van der Waals surface area contributed by atoms with Gasteiger partial charge < -0.3 is 9.26 Å². The van der Waals surface area contributed by atoms with Gasteiger partial charge in [-0.05, 0) is 0 Å². The number of aromatic nitrogens is 4. The average Bonchev–Trinajstić information content (AvgIpc) is 3.09. The lowest BCUT2D eigenvalue weighted by molar-refractivity contribution is -0.0391. The molecule has 7 nitrogen and oxygen atoms in total. The molecular weight excluding hydrogens is 258 g/mol. The fraction of sp³-hybridized carbons (Fsp3) is 0.615. The largest absolute Gasteiger partial charge is 0.368 e. The number of nitrogens with one attached hydrogen (secondary N) is 1. The number of aromatic amines is 1. The van der Waals surface area contributed by atoms with Crippen LogP contribution in [0.25, 0.3) is 0 Å². The van der Waals surface area contributed by atoms with Crippen molar-refractivity contribution in [3.63, 3.8) is 0 Å². The minimum atomic E-state index is -0.0633. The van der Waals surface area contributed by atoms with Gasteiger partial charge in [-0.25, -0.2) is 4.98 Å². The number of H-pyrrole nitrogens is 1. The normalized spacial score (nSPS) is 20.6. The van der Waals surface area contributed by atoms with E-state index in [4.69, 9.17) is 9.26 Å². The van der Waals surface area contributed by atoms with Crippen molar-refractivity contribution in [2.45, 2.75) is 32.4 Å². The van der Waals surface area contributed by atoms with E-state index in [-0.39, 0.29) is 6.10 Å². The Morgan fingerprint density at radius 3 is 3.10 bits per heavy atom. The third kappa shape index (κ3) is 2.88. The van der Waals surface area contributed by atoms with Crippen molar-refractivity contribution in [1.29, 1.82) is 0 Å². The Morgan fingerprint density at radius 2 is 2.40 bits per heavy atom. The molecule has 108 valence electrons. The molecule has 20 heavy (non-hydrogen) atoms. The van der Waals surface area contributed by atoms with Crippen molar-refractivity contribution in [2.24, 2.45) is 0 Å². The first-order valence-electron chi connectivity index (χ1n) is 6.88. The number of nitrogens with zero attached hydrogens (tertiary/aromatic N) is 4. The molecule has 3 rings (SSSR count). The molecule has 1 aliphatic heterocycles. The zero-order valence-corrected chi connectivity index (χ0v) is 11.7. The predicted octanol–water partition coefficient (Wildman–Crippen LogP) is 1.49. The van der Waals surface area contributed by atoms with Gasteiger partial charge in [0.1, 0.15) is 6.10 Å². The van der Waals surface area contributed by atoms with Gasteiger partial charge >= 0.3 is 0 Å². The molecule has 1 saturated heterocycles. The van der Waals surface area contributed by atoms with Gasteiger partial charge in [0.25, 0.3) is 0 Å². The van der Waals surface area contributed by atoms with Crippen LogP contribution in [0.15, 0.2) is 16.8 Å². The highest BCUT2D eigenvalue weighted by Gasteiger charge is 2.25. The molecule has 0 radical (unpaired) electrons. The lowest BCUT2D eigenvalue weighted by atomic mass is 10.2. The molecule has 3 heterocycles. The third-order valence-electron chi connectivity index (χ3n) is 3.36. The monoisotopic (exact) mass is 277 g/mol. The summed E-state index contributed by atoms with van der Waals surface area (Å²) in [7, 11) is 0. The van der Waals surface area contributed by atoms with Crippen molar-refractivity contribution >= 4 is 0 Å². The zero-order valence-electron chi connectivity index (χ0n) is 11.7. The molecule has 0 unspecified atom stereocenters. The highest BCUT2D eigenvalue weighted by atomic mass is 16.5. The summed E-state index contributed by atoms with van der Waals surface area (Å²) in [4.78, 5) is 6.78. The lowest BCUT2D eigenvalue weighted by Gasteiger charge is -2.30. The summed E-state index contributed by atoms with van der Waals surface area (Å²) in [6.07, 6.45) is 1.60. The molecule has 0 saturated carbocycles. The van der Waals surface area contributed by atoms with Crippen LogP contribution in [0.1, 0.15) is 43.3 Å². The maximum absolute atomic E-state index is 5.78. The van der Waals surface area contributed by atoms with Crippen LogP contribution in [-0.4, -0.2) is 44.9 Å². The molecule has 1 fully saturated rings. The van der Waals surface area contributed by atoms with Crippen molar-refractivity contribution in [1.82, 2.24) is 25.2 Å². The van der Waals surface area contributed by atoms with Gasteiger partial charge in [-0.1, -0.05) is 19.0 Å². The highest BCUT2D eigenvalue weighted by molar-refractivity contribution is 5.00. The predicted molar refractivity (Wildman–Crippen MR) is 70.9 cm³/mol. The maximum atomic E-state index is 5.78. The molecule has 0 spiro atoms. The Labute approximate surface area is 117 Å². The van der Waals surface area contributed by atoms with E-state index in [0.717, 1.165) is 37.0 Å². The van der Waals surface area contributed by atoms with Crippen LogP contribution in [0.3, 0.4) is 0 Å². The Kier molecular flexibility index (Phi) is 3.79. The van der Waals surface area contributed by atoms with Gasteiger partial charge in [0.15, 0.2) is 17.4 Å². The molecule has 2 aromatic heterocycles. The number of hydrogen-bond acceptors (Lipinski definition) is 6. The summed E-state index contributed by atoms with van der Waals surface area (Å²) in [6, 6.07) is 1.88. The smallest absolute Gasteiger partial charge is 0.155 e. The van der Waals surface area contributed by atoms with Crippen molar-refractivity contribution < 1.29 is 9.26 Å². The van der Waals surface area contributed by atoms with E-state index in [2.05, 4.69) is 39.1 Å². The summed E-state index contributed by atoms with van der Waals surface area (Å²) in [5.74, 6) is 2.81. The summed E-state index contributed by atoms with van der Waals surface area (Å²) >= 11 is 0. The minimum absolute atomic E-state index is 0.0633. The molecule has 0 aromatic carbocycles. The second kappa shape index (κ2) is 5.72. The SMILES string of the molecule is CC(C)c1n[nH]c([C@H]2CN(Cc3ccno3)CCO2)n1. The molecule has 1 N–H and O–H groups in total. The Hall–Kier alpha value is -1.73. The Bertz CT molecular complexity index is 537. The molecular formula is C13H19N5O2. The van der Waals surface area contributed by atoms with E-state index in [1.165, 1.54) is 0 Å². The summed E-state index contributed by atoms with van der Waals surface area (Å²) in [5, 5.41) is 10.9. The second-order valence-electron chi connectivity index (χ2n) is 5.31. The highest BCUT2D eigenvalue weighted by Crippen LogP contribution is 2.21. The topological polar surface area (TPSA) is 80.1 Å². The number of morpholine rings is 1. The van der Waals surface area contributed by atoms with Crippen LogP contribution in [0.5, 0.6) is 0 Å². The molecule has 1 aliphatic rings. The van der Waals surface area contributed by atoms with Crippen LogP contribution >= 0.6 is 0 Å². The fourth-order valence-electron chi connectivity index (χ4n) is 2.25.